The van der Waals surface area contributed by atoms with Gasteiger partial charge in [0, 0.05) is 6.92 Å². The zero-order valence-corrected chi connectivity index (χ0v) is 13.5. The molecule has 1 rings (SSSR count). The topological polar surface area (TPSA) is 46.2 Å². The zero-order valence-electron chi connectivity index (χ0n) is 12.5. The van der Waals surface area contributed by atoms with Gasteiger partial charge in [-0.15, -0.1) is 6.58 Å². The van der Waals surface area contributed by atoms with Gasteiger partial charge in [-0.25, -0.2) is 0 Å². The molecule has 0 heterocycles. The summed E-state index contributed by atoms with van der Waals surface area (Å²) in [5.41, 5.74) is 1.06. The predicted molar refractivity (Wildman–Crippen MR) is 85.9 cm³/mol. The summed E-state index contributed by atoms with van der Waals surface area (Å²) in [7, 11) is -1.43. The smallest absolute Gasteiger partial charge is 0.217 e. The number of hydrogen-bond donors (Lipinski definition) is 1. The van der Waals surface area contributed by atoms with E-state index in [-0.39, 0.29) is 5.91 Å². The van der Waals surface area contributed by atoms with Crippen molar-refractivity contribution in [2.24, 2.45) is 0 Å². The number of benzene rings is 1. The molecule has 1 amide bonds. The summed E-state index contributed by atoms with van der Waals surface area (Å²) in [4.78, 5) is 21.9. The van der Waals surface area contributed by atoms with Crippen molar-refractivity contribution in [1.29, 1.82) is 0 Å². The van der Waals surface area contributed by atoms with Gasteiger partial charge >= 0.3 is 0 Å². The predicted octanol–water partition coefficient (Wildman–Crippen LogP) is 2.03. The first-order valence-electron chi connectivity index (χ1n) is 6.82. The molecule has 0 aliphatic carbocycles. The molecule has 1 atom stereocenters. The van der Waals surface area contributed by atoms with Crippen LogP contribution in [0.1, 0.15) is 12.5 Å². The van der Waals surface area contributed by atoms with Gasteiger partial charge in [-0.2, -0.15) is 0 Å². The van der Waals surface area contributed by atoms with Gasteiger partial charge in [0.1, 0.15) is 6.29 Å². The van der Waals surface area contributed by atoms with Crippen molar-refractivity contribution >= 4 is 25.5 Å². The van der Waals surface area contributed by atoms with E-state index < -0.39 is 14.1 Å². The average Bonchev–Trinajstić information content (AvgIpc) is 2.38. The highest BCUT2D eigenvalue weighted by atomic mass is 28.3. The van der Waals surface area contributed by atoms with Crippen LogP contribution in [-0.2, 0) is 16.0 Å². The molecular weight excluding hydrogens is 266 g/mol. The van der Waals surface area contributed by atoms with Crippen molar-refractivity contribution in [3.05, 3.63) is 42.5 Å². The van der Waals surface area contributed by atoms with E-state index in [1.54, 1.807) is 0 Å². The Labute approximate surface area is 122 Å². The van der Waals surface area contributed by atoms with Crippen molar-refractivity contribution < 1.29 is 9.59 Å². The molecule has 0 radical (unpaired) electrons. The van der Waals surface area contributed by atoms with Gasteiger partial charge < -0.3 is 10.1 Å². The third-order valence-corrected chi connectivity index (χ3v) is 6.60. The molecule has 108 valence electrons. The van der Waals surface area contributed by atoms with E-state index in [0.29, 0.717) is 6.42 Å². The van der Waals surface area contributed by atoms with Gasteiger partial charge in [0.25, 0.3) is 0 Å². The summed E-state index contributed by atoms with van der Waals surface area (Å²) < 4.78 is 0. The Bertz CT molecular complexity index is 480. The van der Waals surface area contributed by atoms with Crippen molar-refractivity contribution in [3.8, 4) is 0 Å². The highest BCUT2D eigenvalue weighted by Gasteiger charge is 2.21. The van der Waals surface area contributed by atoms with Crippen LogP contribution in [0.5, 0.6) is 0 Å². The molecule has 0 aliphatic heterocycles. The zero-order chi connectivity index (χ0) is 15.2. The Kier molecular flexibility index (Phi) is 5.89. The molecule has 1 aromatic carbocycles. The molecule has 3 nitrogen and oxygen atoms in total. The lowest BCUT2D eigenvalue weighted by Gasteiger charge is -2.21. The SMILES string of the molecule is C=CC[Si](C)(C)c1ccc(C[C@@H](C=O)NC(C)=O)cc1. The van der Waals surface area contributed by atoms with Crippen LogP contribution >= 0.6 is 0 Å². The minimum atomic E-state index is -1.43. The second-order valence-electron chi connectivity index (χ2n) is 5.72. The van der Waals surface area contributed by atoms with Crippen molar-refractivity contribution in [2.45, 2.75) is 38.5 Å². The number of carbonyl (C=O) groups is 2. The molecule has 0 unspecified atom stereocenters. The van der Waals surface area contributed by atoms with Crippen LogP contribution in [0.2, 0.25) is 19.1 Å². The summed E-state index contributed by atoms with van der Waals surface area (Å²) >= 11 is 0. The van der Waals surface area contributed by atoms with E-state index in [1.807, 2.05) is 18.2 Å². The molecule has 4 heteroatoms. The van der Waals surface area contributed by atoms with Crippen molar-refractivity contribution in [2.75, 3.05) is 0 Å². The number of nitrogens with one attached hydrogen (secondary N) is 1. The first-order chi connectivity index (χ1) is 9.39. The van der Waals surface area contributed by atoms with Crippen molar-refractivity contribution in [1.82, 2.24) is 5.32 Å². The van der Waals surface area contributed by atoms with Crippen molar-refractivity contribution in [3.63, 3.8) is 0 Å². The second-order valence-corrected chi connectivity index (χ2v) is 10.5. The van der Waals surface area contributed by atoms with Gasteiger partial charge in [0.15, 0.2) is 0 Å². The number of amides is 1. The normalized spacial score (nSPS) is 12.6. The van der Waals surface area contributed by atoms with Gasteiger partial charge in [-0.05, 0) is 18.0 Å². The minimum Gasteiger partial charge on any atom is -0.346 e. The molecule has 0 spiro atoms. The maximum absolute atomic E-state index is 11.0. The van der Waals surface area contributed by atoms with Gasteiger partial charge in [0.2, 0.25) is 5.91 Å². The Hall–Kier alpha value is -1.68. The Morgan fingerprint density at radius 2 is 1.95 bits per heavy atom. The Morgan fingerprint density at radius 3 is 2.40 bits per heavy atom. The lowest BCUT2D eigenvalue weighted by molar-refractivity contribution is -0.122. The number of rotatable bonds is 7. The van der Waals surface area contributed by atoms with Crippen LogP contribution in [0.3, 0.4) is 0 Å². The van der Waals surface area contributed by atoms with E-state index in [1.165, 1.54) is 12.1 Å². The third kappa shape index (κ3) is 4.77. The quantitative estimate of drug-likeness (QED) is 0.474. The number of allylic oxidation sites excluding steroid dienone is 1. The fourth-order valence-electron chi connectivity index (χ4n) is 2.22. The van der Waals surface area contributed by atoms with E-state index in [9.17, 15) is 9.59 Å². The fraction of sp³-hybridized carbons (Fsp3) is 0.375. The molecule has 0 aromatic heterocycles. The largest absolute Gasteiger partial charge is 0.346 e. The lowest BCUT2D eigenvalue weighted by atomic mass is 10.1. The van der Waals surface area contributed by atoms with Crippen LogP contribution in [0.4, 0.5) is 0 Å². The van der Waals surface area contributed by atoms with E-state index >= 15 is 0 Å². The summed E-state index contributed by atoms with van der Waals surface area (Å²) in [6, 6.07) is 8.98. The van der Waals surface area contributed by atoms with E-state index in [2.05, 4.69) is 37.1 Å². The molecule has 0 bridgehead atoms. The van der Waals surface area contributed by atoms with Gasteiger partial charge in [0.05, 0.1) is 14.1 Å². The molecule has 1 N–H and O–H groups in total. The maximum Gasteiger partial charge on any atom is 0.217 e. The molecular formula is C16H23NO2Si. The highest BCUT2D eigenvalue weighted by molar-refractivity contribution is 6.90. The van der Waals surface area contributed by atoms with Crippen LogP contribution in [0.15, 0.2) is 36.9 Å². The average molecular weight is 289 g/mol. The maximum atomic E-state index is 11.0. The molecule has 1 aromatic rings. The third-order valence-electron chi connectivity index (χ3n) is 3.40. The van der Waals surface area contributed by atoms with Crippen LogP contribution in [0, 0.1) is 0 Å². The minimum absolute atomic E-state index is 0.182. The Morgan fingerprint density at radius 1 is 1.35 bits per heavy atom. The van der Waals surface area contributed by atoms with Crippen LogP contribution < -0.4 is 10.5 Å². The first-order valence-corrected chi connectivity index (χ1v) is 10.0. The van der Waals surface area contributed by atoms with Gasteiger partial charge in [-0.3, -0.25) is 4.79 Å². The molecule has 0 saturated heterocycles. The molecule has 20 heavy (non-hydrogen) atoms. The first kappa shape index (κ1) is 16.4. The fourth-order valence-corrected chi connectivity index (χ4v) is 4.25. The van der Waals surface area contributed by atoms with E-state index in [4.69, 9.17) is 0 Å². The number of hydrogen-bond acceptors (Lipinski definition) is 2. The molecule has 0 fully saturated rings. The summed E-state index contributed by atoms with van der Waals surface area (Å²) in [6.45, 7) is 9.87. The monoisotopic (exact) mass is 289 g/mol. The highest BCUT2D eigenvalue weighted by Crippen LogP contribution is 2.11. The lowest BCUT2D eigenvalue weighted by Crippen LogP contribution is -2.40. The summed E-state index contributed by atoms with van der Waals surface area (Å²) in [5.74, 6) is -0.182. The second kappa shape index (κ2) is 7.19. The summed E-state index contributed by atoms with van der Waals surface area (Å²) in [5, 5.41) is 4.01. The number of aldehydes is 1. The standard InChI is InChI=1S/C16H23NO2Si/c1-5-10-20(3,4)16-8-6-14(7-9-16)11-15(12-18)17-13(2)19/h5-9,12,15H,1,10-11H2,2-4H3,(H,17,19)/t15-/m0/s1. The Balaban J connectivity index is 2.78. The molecule has 0 saturated carbocycles. The van der Waals surface area contributed by atoms with Gasteiger partial charge in [-0.1, -0.05) is 48.6 Å². The summed E-state index contributed by atoms with van der Waals surface area (Å²) in [6.07, 6.45) is 3.30. The number of carbonyl (C=O) groups excluding carboxylic acids is 2. The molecule has 0 aliphatic rings. The van der Waals surface area contributed by atoms with Crippen LogP contribution in [0.25, 0.3) is 0 Å². The van der Waals surface area contributed by atoms with E-state index in [0.717, 1.165) is 17.9 Å². The van der Waals surface area contributed by atoms with Crippen LogP contribution in [-0.4, -0.2) is 26.3 Å².